The van der Waals surface area contributed by atoms with Crippen molar-refractivity contribution in [1.82, 2.24) is 0 Å². The second kappa shape index (κ2) is 8.58. The molecule has 0 bridgehead atoms. The van der Waals surface area contributed by atoms with E-state index in [9.17, 15) is 14.0 Å². The number of aryl methyl sites for hydroxylation is 2. The minimum Gasteiger partial charge on any atom is -0.321 e. The Morgan fingerprint density at radius 2 is 1.65 bits per heavy atom. The van der Waals surface area contributed by atoms with Crippen molar-refractivity contribution in [3.05, 3.63) is 59.4 Å². The van der Waals surface area contributed by atoms with Crippen LogP contribution in [0.25, 0.3) is 0 Å². The highest BCUT2D eigenvalue weighted by molar-refractivity contribution is 5.95. The summed E-state index contributed by atoms with van der Waals surface area (Å²) in [5.41, 5.74) is 2.91. The Balaban J connectivity index is 1.95. The molecular formula is C20H25FN3O2+. The standard InChI is InChI=1S/C20H24FN3O2/c1-13-8-7-9-14(2)19(13)23-18(25)12-24(4)15(3)20(26)22-17-11-6-5-10-16(17)21/h5-11,15H,12H2,1-4H3,(H,22,26)(H,23,25)/p+1/t15-/m0/s1. The van der Waals surface area contributed by atoms with E-state index < -0.39 is 11.9 Å². The van der Waals surface area contributed by atoms with Gasteiger partial charge in [-0.15, -0.1) is 0 Å². The number of nitrogens with one attached hydrogen (secondary N) is 3. The number of para-hydroxylation sites is 2. The topological polar surface area (TPSA) is 62.6 Å². The van der Waals surface area contributed by atoms with Gasteiger partial charge < -0.3 is 15.5 Å². The van der Waals surface area contributed by atoms with Crippen LogP contribution in [0.4, 0.5) is 15.8 Å². The molecule has 1 unspecified atom stereocenters. The van der Waals surface area contributed by atoms with Gasteiger partial charge in [-0.3, -0.25) is 9.59 Å². The highest BCUT2D eigenvalue weighted by Gasteiger charge is 2.25. The molecule has 2 rings (SSSR count). The van der Waals surface area contributed by atoms with Gasteiger partial charge in [0.05, 0.1) is 12.7 Å². The summed E-state index contributed by atoms with van der Waals surface area (Å²) < 4.78 is 13.7. The monoisotopic (exact) mass is 358 g/mol. The van der Waals surface area contributed by atoms with Crippen molar-refractivity contribution in [2.75, 3.05) is 24.2 Å². The zero-order chi connectivity index (χ0) is 19.3. The Bertz CT molecular complexity index is 787. The third-order valence-electron chi connectivity index (χ3n) is 4.45. The van der Waals surface area contributed by atoms with Crippen LogP contribution in [0.2, 0.25) is 0 Å². The van der Waals surface area contributed by atoms with E-state index in [1.54, 1.807) is 26.1 Å². The van der Waals surface area contributed by atoms with Crippen LogP contribution < -0.4 is 15.5 Å². The minimum atomic E-state index is -0.515. The smallest absolute Gasteiger partial charge is 0.282 e. The van der Waals surface area contributed by atoms with Crippen molar-refractivity contribution in [1.29, 1.82) is 0 Å². The molecule has 2 aromatic carbocycles. The van der Waals surface area contributed by atoms with E-state index >= 15 is 0 Å². The number of rotatable bonds is 6. The van der Waals surface area contributed by atoms with Crippen LogP contribution in [0.3, 0.4) is 0 Å². The second-order valence-corrected chi connectivity index (χ2v) is 6.53. The van der Waals surface area contributed by atoms with Crippen molar-refractivity contribution in [3.63, 3.8) is 0 Å². The maximum Gasteiger partial charge on any atom is 0.282 e. The minimum absolute atomic E-state index is 0.125. The zero-order valence-electron chi connectivity index (χ0n) is 15.5. The first-order valence-corrected chi connectivity index (χ1v) is 8.53. The summed E-state index contributed by atoms with van der Waals surface area (Å²) >= 11 is 0. The average molecular weight is 358 g/mol. The first-order chi connectivity index (χ1) is 12.3. The van der Waals surface area contributed by atoms with E-state index in [1.165, 1.54) is 12.1 Å². The van der Waals surface area contributed by atoms with Crippen LogP contribution in [0.5, 0.6) is 0 Å². The SMILES string of the molecule is Cc1cccc(C)c1NC(=O)C[NH+](C)[C@@H](C)C(=O)Nc1ccccc1F. The molecule has 6 heteroatoms. The fraction of sp³-hybridized carbons (Fsp3) is 0.300. The molecule has 0 spiro atoms. The number of likely N-dealkylation sites (N-methyl/N-ethyl adjacent to an activating group) is 1. The largest absolute Gasteiger partial charge is 0.321 e. The fourth-order valence-electron chi connectivity index (χ4n) is 2.63. The Kier molecular flexibility index (Phi) is 6.46. The molecule has 0 saturated carbocycles. The van der Waals surface area contributed by atoms with Gasteiger partial charge in [-0.2, -0.15) is 0 Å². The van der Waals surface area contributed by atoms with Crippen molar-refractivity contribution < 1.29 is 18.9 Å². The molecule has 0 saturated heterocycles. The lowest BCUT2D eigenvalue weighted by atomic mass is 10.1. The summed E-state index contributed by atoms with van der Waals surface area (Å²) in [5, 5.41) is 5.48. The predicted molar refractivity (Wildman–Crippen MR) is 101 cm³/mol. The number of carbonyl (C=O) groups excluding carboxylic acids is 2. The first kappa shape index (κ1) is 19.6. The third kappa shape index (κ3) is 4.89. The molecule has 2 atom stereocenters. The van der Waals surface area contributed by atoms with Gasteiger partial charge in [0.1, 0.15) is 5.82 Å². The van der Waals surface area contributed by atoms with Crippen LogP contribution in [0, 0.1) is 19.7 Å². The van der Waals surface area contributed by atoms with E-state index in [4.69, 9.17) is 0 Å². The number of benzene rings is 2. The quantitative estimate of drug-likeness (QED) is 0.739. The highest BCUT2D eigenvalue weighted by Crippen LogP contribution is 2.18. The highest BCUT2D eigenvalue weighted by atomic mass is 19.1. The van der Waals surface area contributed by atoms with Crippen molar-refractivity contribution >= 4 is 23.2 Å². The summed E-state index contributed by atoms with van der Waals surface area (Å²) in [6.07, 6.45) is 0. The summed E-state index contributed by atoms with van der Waals surface area (Å²) in [6.45, 7) is 5.70. The molecule has 0 radical (unpaired) electrons. The van der Waals surface area contributed by atoms with Crippen molar-refractivity contribution in [2.24, 2.45) is 0 Å². The first-order valence-electron chi connectivity index (χ1n) is 8.53. The number of hydrogen-bond donors (Lipinski definition) is 3. The van der Waals surface area contributed by atoms with Crippen molar-refractivity contribution in [2.45, 2.75) is 26.8 Å². The summed E-state index contributed by atoms with van der Waals surface area (Å²) in [4.78, 5) is 25.4. The summed E-state index contributed by atoms with van der Waals surface area (Å²) in [5.74, 6) is -1.00. The lowest BCUT2D eigenvalue weighted by molar-refractivity contribution is -0.885. The lowest BCUT2D eigenvalue weighted by Gasteiger charge is -2.21. The van der Waals surface area contributed by atoms with Gasteiger partial charge in [-0.05, 0) is 44.0 Å². The van der Waals surface area contributed by atoms with Gasteiger partial charge in [0.15, 0.2) is 12.6 Å². The van der Waals surface area contributed by atoms with Crippen molar-refractivity contribution in [3.8, 4) is 0 Å². The molecule has 0 heterocycles. The number of amides is 2. The van der Waals surface area contributed by atoms with Gasteiger partial charge in [0, 0.05) is 5.69 Å². The van der Waals surface area contributed by atoms with Crippen LogP contribution in [0.15, 0.2) is 42.5 Å². The van der Waals surface area contributed by atoms with E-state index in [2.05, 4.69) is 10.6 Å². The van der Waals surface area contributed by atoms with E-state index in [0.717, 1.165) is 16.8 Å². The maximum atomic E-state index is 13.7. The van der Waals surface area contributed by atoms with Crippen LogP contribution in [0.1, 0.15) is 18.1 Å². The van der Waals surface area contributed by atoms with Crippen LogP contribution in [-0.2, 0) is 9.59 Å². The Morgan fingerprint density at radius 3 is 2.27 bits per heavy atom. The number of hydrogen-bond acceptors (Lipinski definition) is 2. The fourth-order valence-corrected chi connectivity index (χ4v) is 2.63. The van der Waals surface area contributed by atoms with E-state index in [-0.39, 0.29) is 24.0 Å². The predicted octanol–water partition coefficient (Wildman–Crippen LogP) is 1.92. The van der Waals surface area contributed by atoms with Gasteiger partial charge in [-0.1, -0.05) is 30.3 Å². The zero-order valence-corrected chi connectivity index (χ0v) is 15.5. The molecule has 0 aliphatic heterocycles. The summed E-state index contributed by atoms with van der Waals surface area (Å²) in [6, 6.07) is 11.3. The maximum absolute atomic E-state index is 13.7. The van der Waals surface area contributed by atoms with Gasteiger partial charge in [0.2, 0.25) is 0 Å². The van der Waals surface area contributed by atoms with E-state index in [0.29, 0.717) is 4.90 Å². The van der Waals surface area contributed by atoms with Gasteiger partial charge in [-0.25, -0.2) is 4.39 Å². The Labute approximate surface area is 153 Å². The Hall–Kier alpha value is -2.73. The lowest BCUT2D eigenvalue weighted by Crippen LogP contribution is -3.14. The summed E-state index contributed by atoms with van der Waals surface area (Å²) in [7, 11) is 1.76. The second-order valence-electron chi connectivity index (χ2n) is 6.53. The molecular weight excluding hydrogens is 333 g/mol. The van der Waals surface area contributed by atoms with Gasteiger partial charge in [0.25, 0.3) is 11.8 Å². The molecule has 0 aliphatic rings. The molecule has 26 heavy (non-hydrogen) atoms. The molecule has 5 nitrogen and oxygen atoms in total. The third-order valence-corrected chi connectivity index (χ3v) is 4.45. The molecule has 2 amide bonds. The van der Waals surface area contributed by atoms with Crippen LogP contribution >= 0.6 is 0 Å². The Morgan fingerprint density at radius 1 is 1.04 bits per heavy atom. The normalized spacial score (nSPS) is 13.0. The molecule has 0 fully saturated rings. The van der Waals surface area contributed by atoms with Gasteiger partial charge >= 0.3 is 0 Å². The number of anilines is 2. The number of carbonyl (C=O) groups is 2. The molecule has 2 aromatic rings. The average Bonchev–Trinajstić information content (AvgIpc) is 2.59. The molecule has 0 aliphatic carbocycles. The number of halogens is 1. The van der Waals surface area contributed by atoms with E-state index in [1.807, 2.05) is 32.0 Å². The molecule has 3 N–H and O–H groups in total. The molecule has 0 aromatic heterocycles. The van der Waals surface area contributed by atoms with Crippen LogP contribution in [-0.4, -0.2) is 31.4 Å². The number of quaternary nitrogens is 1. The molecule has 138 valence electrons.